The van der Waals surface area contributed by atoms with Crippen LogP contribution in [0.1, 0.15) is 26.3 Å². The van der Waals surface area contributed by atoms with Crippen LogP contribution >= 0.6 is 0 Å². The molecule has 0 saturated heterocycles. The Kier molecular flexibility index (Phi) is 8.60. The number of hydrogen-bond acceptors (Lipinski definition) is 5. The number of fused-ring (bicyclic) bond motifs is 1. The normalized spacial score (nSPS) is 10.3. The van der Waals surface area contributed by atoms with Gasteiger partial charge >= 0.3 is 0 Å². The molecule has 0 saturated carbocycles. The summed E-state index contributed by atoms with van der Waals surface area (Å²) in [6, 6.07) is 25.4. The summed E-state index contributed by atoms with van der Waals surface area (Å²) in [7, 11) is 2.69. The summed E-state index contributed by atoms with van der Waals surface area (Å²) < 4.78 is 1.50. The monoisotopic (exact) mass is 520 g/mol. The first-order valence-corrected chi connectivity index (χ1v) is 12.2. The number of nitrogens with one attached hydrogen (secondary N) is 2. The molecule has 2 heterocycles. The van der Waals surface area contributed by atoms with Gasteiger partial charge in [-0.05, 0) is 76.7 Å². The van der Waals surface area contributed by atoms with Crippen molar-refractivity contribution < 1.29 is 14.7 Å². The molecule has 0 aliphatic heterocycles. The van der Waals surface area contributed by atoms with Gasteiger partial charge in [-0.25, -0.2) is 0 Å². The predicted molar refractivity (Wildman–Crippen MR) is 153 cm³/mol. The molecule has 0 radical (unpaired) electrons. The second-order valence-electron chi connectivity index (χ2n) is 8.68. The molecule has 3 aromatic carbocycles. The van der Waals surface area contributed by atoms with Crippen LogP contribution in [0, 0.1) is 0 Å². The summed E-state index contributed by atoms with van der Waals surface area (Å²) in [5, 5.41) is 14.1. The van der Waals surface area contributed by atoms with E-state index in [1.54, 1.807) is 68.1 Å². The molecule has 2 amide bonds. The fraction of sp³-hybridized carbons (Fsp3) is 0.0968. The van der Waals surface area contributed by atoms with Crippen molar-refractivity contribution in [2.75, 3.05) is 12.4 Å². The lowest BCUT2D eigenvalue weighted by Crippen LogP contribution is -2.23. The fourth-order valence-corrected chi connectivity index (χ4v) is 4.08. The van der Waals surface area contributed by atoms with E-state index < -0.39 is 0 Å². The van der Waals surface area contributed by atoms with E-state index in [0.29, 0.717) is 22.2 Å². The van der Waals surface area contributed by atoms with E-state index >= 15 is 0 Å². The van der Waals surface area contributed by atoms with Crippen molar-refractivity contribution in [1.82, 2.24) is 14.9 Å². The number of aliphatic hydroxyl groups excluding tert-OH is 1. The highest BCUT2D eigenvalue weighted by Crippen LogP contribution is 2.19. The summed E-state index contributed by atoms with van der Waals surface area (Å²) >= 11 is 0. The number of carbonyl (C=O) groups is 2. The number of aromatic nitrogens is 2. The zero-order valence-corrected chi connectivity index (χ0v) is 21.6. The summed E-state index contributed by atoms with van der Waals surface area (Å²) in [6.07, 6.45) is 5.17. The first kappa shape index (κ1) is 27.0. The maximum Gasteiger partial charge on any atom is 0.258 e. The number of benzene rings is 3. The topological polar surface area (TPSA) is 113 Å². The summed E-state index contributed by atoms with van der Waals surface area (Å²) in [5.41, 5.74) is 4.24. The molecule has 8 nitrogen and oxygen atoms in total. The molecule has 8 heteroatoms. The fourth-order valence-electron chi connectivity index (χ4n) is 4.08. The van der Waals surface area contributed by atoms with Gasteiger partial charge in [0.05, 0.1) is 0 Å². The standard InChI is InChI=1S/C30H24N4O3.CH4O/c1-34-16-13-23-9-10-26(18-27(23)30(34)37)33-29(36)25-4-2-3-20(17-25)19-32-28(35)24-7-5-21(6-8-24)22-11-14-31-15-12-22;1-2/h2-18H,19H2,1H3,(H,32,35)(H,33,36);2H,1H3. The third-order valence-electron chi connectivity index (χ3n) is 6.14. The van der Waals surface area contributed by atoms with Crippen molar-refractivity contribution >= 4 is 28.3 Å². The Morgan fingerprint density at radius 2 is 1.54 bits per heavy atom. The number of amides is 2. The van der Waals surface area contributed by atoms with Gasteiger partial charge in [0.25, 0.3) is 17.4 Å². The molecular weight excluding hydrogens is 492 g/mol. The van der Waals surface area contributed by atoms with Crippen LogP contribution in [0.25, 0.3) is 21.9 Å². The van der Waals surface area contributed by atoms with Crippen LogP contribution in [-0.2, 0) is 13.6 Å². The van der Waals surface area contributed by atoms with E-state index in [9.17, 15) is 14.4 Å². The van der Waals surface area contributed by atoms with Crippen LogP contribution in [0.4, 0.5) is 5.69 Å². The van der Waals surface area contributed by atoms with Gasteiger partial charge in [-0.3, -0.25) is 19.4 Å². The summed E-state index contributed by atoms with van der Waals surface area (Å²) in [5.74, 6) is -0.499. The number of hydrogen-bond donors (Lipinski definition) is 3. The minimum absolute atomic E-state index is 0.127. The average molecular weight is 521 g/mol. The molecule has 0 atom stereocenters. The van der Waals surface area contributed by atoms with Crippen molar-refractivity contribution in [3.63, 3.8) is 0 Å². The molecule has 196 valence electrons. The Balaban J connectivity index is 0.00000172. The van der Waals surface area contributed by atoms with Crippen molar-refractivity contribution in [2.24, 2.45) is 7.05 Å². The van der Waals surface area contributed by atoms with Gasteiger partial charge in [-0.15, -0.1) is 0 Å². The Bertz CT molecular complexity index is 1660. The molecule has 3 N–H and O–H groups in total. The molecule has 0 aliphatic carbocycles. The quantitative estimate of drug-likeness (QED) is 0.307. The first-order chi connectivity index (χ1) is 19.0. The molecule has 5 rings (SSSR count). The van der Waals surface area contributed by atoms with Crippen LogP contribution in [-0.4, -0.2) is 33.6 Å². The van der Waals surface area contributed by atoms with E-state index in [2.05, 4.69) is 15.6 Å². The maximum absolute atomic E-state index is 12.9. The Morgan fingerprint density at radius 3 is 2.28 bits per heavy atom. The van der Waals surface area contributed by atoms with Crippen LogP contribution < -0.4 is 16.2 Å². The molecule has 0 bridgehead atoms. The van der Waals surface area contributed by atoms with Gasteiger partial charge in [0.15, 0.2) is 0 Å². The van der Waals surface area contributed by atoms with Crippen molar-refractivity contribution in [3.8, 4) is 11.1 Å². The van der Waals surface area contributed by atoms with Crippen molar-refractivity contribution in [2.45, 2.75) is 6.54 Å². The second kappa shape index (κ2) is 12.4. The molecular formula is C31H28N4O4. The molecule has 0 unspecified atom stereocenters. The maximum atomic E-state index is 12.9. The van der Waals surface area contributed by atoms with Gasteiger partial charge in [0.1, 0.15) is 0 Å². The number of pyridine rings is 2. The number of aliphatic hydroxyl groups is 1. The highest BCUT2D eigenvalue weighted by Gasteiger charge is 2.10. The van der Waals surface area contributed by atoms with Gasteiger partial charge in [0, 0.05) is 61.5 Å². The highest BCUT2D eigenvalue weighted by atomic mass is 16.2. The SMILES string of the molecule is CO.Cn1ccc2ccc(NC(=O)c3cccc(CNC(=O)c4ccc(-c5ccncc5)cc4)c3)cc2c1=O. The minimum Gasteiger partial charge on any atom is -0.400 e. The Hall–Kier alpha value is -5.08. The largest absolute Gasteiger partial charge is 0.400 e. The minimum atomic E-state index is -0.299. The second-order valence-corrected chi connectivity index (χ2v) is 8.68. The molecule has 0 aliphatic rings. The smallest absolute Gasteiger partial charge is 0.258 e. The number of carbonyl (C=O) groups excluding carboxylic acids is 2. The number of rotatable bonds is 6. The predicted octanol–water partition coefficient (Wildman–Crippen LogP) is 4.39. The van der Waals surface area contributed by atoms with Crippen LogP contribution in [0.2, 0.25) is 0 Å². The van der Waals surface area contributed by atoms with E-state index in [1.165, 1.54) is 4.57 Å². The average Bonchev–Trinajstić information content (AvgIpc) is 2.99. The Morgan fingerprint density at radius 1 is 0.821 bits per heavy atom. The number of nitrogens with zero attached hydrogens (tertiary/aromatic N) is 2. The number of anilines is 1. The number of aryl methyl sites for hydroxylation is 1. The Labute approximate surface area is 225 Å². The lowest BCUT2D eigenvalue weighted by molar-refractivity contribution is 0.0950. The molecule has 5 aromatic rings. The van der Waals surface area contributed by atoms with Gasteiger partial charge in [0.2, 0.25) is 0 Å². The van der Waals surface area contributed by atoms with Gasteiger partial charge < -0.3 is 20.3 Å². The lowest BCUT2D eigenvalue weighted by Gasteiger charge is -2.10. The third-order valence-corrected chi connectivity index (χ3v) is 6.14. The highest BCUT2D eigenvalue weighted by molar-refractivity contribution is 6.05. The van der Waals surface area contributed by atoms with Crippen LogP contribution in [0.5, 0.6) is 0 Å². The summed E-state index contributed by atoms with van der Waals surface area (Å²) in [4.78, 5) is 42.0. The zero-order valence-electron chi connectivity index (χ0n) is 21.6. The summed E-state index contributed by atoms with van der Waals surface area (Å²) in [6.45, 7) is 0.276. The van der Waals surface area contributed by atoms with Crippen molar-refractivity contribution in [3.05, 3.63) is 131 Å². The zero-order chi connectivity index (χ0) is 27.8. The third kappa shape index (κ3) is 6.44. The van der Waals surface area contributed by atoms with E-state index in [0.717, 1.165) is 29.2 Å². The van der Waals surface area contributed by atoms with Gasteiger partial charge in [-0.2, -0.15) is 0 Å². The molecule has 0 spiro atoms. The van der Waals surface area contributed by atoms with E-state index in [4.69, 9.17) is 5.11 Å². The molecule has 0 fully saturated rings. The van der Waals surface area contributed by atoms with Crippen molar-refractivity contribution in [1.29, 1.82) is 0 Å². The van der Waals surface area contributed by atoms with Crippen LogP contribution in [0.15, 0.2) is 108 Å². The van der Waals surface area contributed by atoms with Crippen LogP contribution in [0.3, 0.4) is 0 Å². The molecule has 2 aromatic heterocycles. The van der Waals surface area contributed by atoms with Gasteiger partial charge in [-0.1, -0.05) is 30.3 Å². The van der Waals surface area contributed by atoms with E-state index in [1.807, 2.05) is 42.5 Å². The molecule has 39 heavy (non-hydrogen) atoms. The lowest BCUT2D eigenvalue weighted by atomic mass is 10.0. The first-order valence-electron chi connectivity index (χ1n) is 12.2. The van der Waals surface area contributed by atoms with E-state index in [-0.39, 0.29) is 23.9 Å².